The Kier molecular flexibility index (Phi) is 5.97. The third-order valence-corrected chi connectivity index (χ3v) is 6.29. The molecule has 1 N–H and O–H groups in total. The van der Waals surface area contributed by atoms with Gasteiger partial charge in [-0.2, -0.15) is 4.31 Å². The van der Waals surface area contributed by atoms with Crippen LogP contribution in [0.3, 0.4) is 0 Å². The lowest BCUT2D eigenvalue weighted by molar-refractivity contribution is 0.0730. The second-order valence-corrected chi connectivity index (χ2v) is 8.25. The summed E-state index contributed by atoms with van der Waals surface area (Å²) in [6, 6.07) is 8.44. The number of sulfonamides is 1. The van der Waals surface area contributed by atoms with Crippen LogP contribution in [-0.2, 0) is 14.8 Å². The predicted molar refractivity (Wildman–Crippen MR) is 102 cm³/mol. The Bertz CT molecular complexity index is 988. The maximum absolute atomic E-state index is 14.1. The highest BCUT2D eigenvalue weighted by Gasteiger charge is 2.28. The van der Waals surface area contributed by atoms with E-state index in [0.717, 1.165) is 0 Å². The van der Waals surface area contributed by atoms with E-state index in [4.69, 9.17) is 9.47 Å². The van der Waals surface area contributed by atoms with E-state index in [1.54, 1.807) is 13.0 Å². The van der Waals surface area contributed by atoms with Crippen molar-refractivity contribution in [3.05, 3.63) is 53.3 Å². The van der Waals surface area contributed by atoms with E-state index in [2.05, 4.69) is 5.32 Å². The van der Waals surface area contributed by atoms with Gasteiger partial charge in [-0.05, 0) is 42.8 Å². The molecule has 0 atom stereocenters. The van der Waals surface area contributed by atoms with E-state index in [0.29, 0.717) is 18.8 Å². The van der Waals surface area contributed by atoms with Gasteiger partial charge in [-0.15, -0.1) is 0 Å². The van der Waals surface area contributed by atoms with Gasteiger partial charge in [-0.1, -0.05) is 6.07 Å². The fourth-order valence-electron chi connectivity index (χ4n) is 2.87. The number of carbonyl (C=O) groups is 1. The Hall–Kier alpha value is -2.49. The summed E-state index contributed by atoms with van der Waals surface area (Å²) in [5, 5.41) is 2.46. The van der Waals surface area contributed by atoms with E-state index >= 15 is 0 Å². The second-order valence-electron chi connectivity index (χ2n) is 6.32. The summed E-state index contributed by atoms with van der Waals surface area (Å²) >= 11 is 0. The van der Waals surface area contributed by atoms with Crippen molar-refractivity contribution < 1.29 is 27.1 Å². The summed E-state index contributed by atoms with van der Waals surface area (Å²) in [6.07, 6.45) is 0. The van der Waals surface area contributed by atoms with Gasteiger partial charge in [0, 0.05) is 13.1 Å². The number of ether oxygens (including phenoxy) is 2. The monoisotopic (exact) mass is 408 g/mol. The van der Waals surface area contributed by atoms with Crippen LogP contribution >= 0.6 is 0 Å². The minimum absolute atomic E-state index is 0.000840. The number of methoxy groups -OCH3 is 1. The van der Waals surface area contributed by atoms with Gasteiger partial charge >= 0.3 is 0 Å². The van der Waals surface area contributed by atoms with E-state index in [-0.39, 0.29) is 35.0 Å². The van der Waals surface area contributed by atoms with E-state index in [1.807, 2.05) is 0 Å². The lowest BCUT2D eigenvalue weighted by Gasteiger charge is -2.26. The number of amides is 1. The summed E-state index contributed by atoms with van der Waals surface area (Å²) in [7, 11) is -2.42. The maximum atomic E-state index is 14.1. The number of anilines is 1. The number of hydrogen-bond donors (Lipinski definition) is 1. The molecule has 0 bridgehead atoms. The lowest BCUT2D eigenvalue weighted by Crippen LogP contribution is -2.40. The molecule has 0 spiro atoms. The molecule has 1 heterocycles. The summed E-state index contributed by atoms with van der Waals surface area (Å²) in [5.74, 6) is -1.06. The number of morpholine rings is 1. The average molecular weight is 408 g/mol. The zero-order chi connectivity index (χ0) is 20.3. The predicted octanol–water partition coefficient (Wildman–Crippen LogP) is 2.42. The highest BCUT2D eigenvalue weighted by Crippen LogP contribution is 2.26. The molecule has 150 valence electrons. The third-order valence-electron chi connectivity index (χ3n) is 4.40. The Morgan fingerprint density at radius 2 is 1.89 bits per heavy atom. The minimum Gasteiger partial charge on any atom is -0.496 e. The number of nitrogens with one attached hydrogen (secondary N) is 1. The van der Waals surface area contributed by atoms with Crippen LogP contribution in [0.1, 0.15) is 15.9 Å². The van der Waals surface area contributed by atoms with Gasteiger partial charge in [-0.3, -0.25) is 4.79 Å². The van der Waals surface area contributed by atoms with E-state index in [9.17, 15) is 17.6 Å². The second kappa shape index (κ2) is 8.26. The first kappa shape index (κ1) is 20.2. The Morgan fingerprint density at radius 3 is 2.54 bits per heavy atom. The summed E-state index contributed by atoms with van der Waals surface area (Å²) in [4.78, 5) is 12.7. The SMILES string of the molecule is COc1ccc(S(=O)(=O)N2CCOCC2)cc1C(=O)Nc1ccc(C)cc1F. The standard InChI is InChI=1S/C19H21FN2O5S/c1-13-3-5-17(16(20)11-13)21-19(23)15-12-14(4-6-18(15)26-2)28(24,25)22-7-9-27-10-8-22/h3-6,11-12H,7-10H2,1-2H3,(H,21,23). The molecule has 1 saturated heterocycles. The van der Waals surface area contributed by atoms with Crippen molar-refractivity contribution in [2.75, 3.05) is 38.7 Å². The molecular formula is C19H21FN2O5S. The molecule has 2 aromatic carbocycles. The molecule has 1 fully saturated rings. The topological polar surface area (TPSA) is 84.9 Å². The van der Waals surface area contributed by atoms with Crippen molar-refractivity contribution in [2.24, 2.45) is 0 Å². The smallest absolute Gasteiger partial charge is 0.259 e. The zero-order valence-corrected chi connectivity index (χ0v) is 16.4. The summed E-state index contributed by atoms with van der Waals surface area (Å²) in [5.41, 5.74) is 0.711. The summed E-state index contributed by atoms with van der Waals surface area (Å²) in [6.45, 7) is 2.84. The fraction of sp³-hybridized carbons (Fsp3) is 0.316. The van der Waals surface area contributed by atoms with Crippen LogP contribution in [0.4, 0.5) is 10.1 Å². The number of benzene rings is 2. The molecule has 0 saturated carbocycles. The molecular weight excluding hydrogens is 387 g/mol. The molecule has 1 amide bonds. The molecule has 28 heavy (non-hydrogen) atoms. The molecule has 0 aromatic heterocycles. The lowest BCUT2D eigenvalue weighted by atomic mass is 10.1. The first-order chi connectivity index (χ1) is 13.3. The Balaban J connectivity index is 1.93. The number of aryl methyl sites for hydroxylation is 1. The molecule has 0 unspecified atom stereocenters. The number of hydrogen-bond acceptors (Lipinski definition) is 5. The Labute approximate surface area is 163 Å². The van der Waals surface area contributed by atoms with Crippen LogP contribution in [0.2, 0.25) is 0 Å². The average Bonchev–Trinajstić information content (AvgIpc) is 2.70. The van der Waals surface area contributed by atoms with Crippen molar-refractivity contribution in [1.29, 1.82) is 0 Å². The zero-order valence-electron chi connectivity index (χ0n) is 15.6. The van der Waals surface area contributed by atoms with Crippen molar-refractivity contribution in [3.63, 3.8) is 0 Å². The molecule has 0 aliphatic carbocycles. The van der Waals surface area contributed by atoms with Crippen molar-refractivity contribution in [2.45, 2.75) is 11.8 Å². The van der Waals surface area contributed by atoms with Crippen molar-refractivity contribution in [1.82, 2.24) is 4.31 Å². The summed E-state index contributed by atoms with van der Waals surface area (Å²) < 4.78 is 51.4. The first-order valence-electron chi connectivity index (χ1n) is 8.66. The van der Waals surface area contributed by atoms with Crippen LogP contribution in [-0.4, -0.2) is 52.0 Å². The van der Waals surface area contributed by atoms with Crippen LogP contribution in [0, 0.1) is 12.7 Å². The molecule has 2 aromatic rings. The number of halogens is 1. The van der Waals surface area contributed by atoms with Crippen molar-refractivity contribution in [3.8, 4) is 5.75 Å². The minimum atomic E-state index is -3.79. The fourth-order valence-corrected chi connectivity index (χ4v) is 4.31. The van der Waals surface area contributed by atoms with Gasteiger partial charge in [0.25, 0.3) is 5.91 Å². The molecule has 1 aliphatic rings. The normalized spacial score (nSPS) is 15.2. The van der Waals surface area contributed by atoms with Gasteiger partial charge < -0.3 is 14.8 Å². The quantitative estimate of drug-likeness (QED) is 0.821. The van der Waals surface area contributed by atoms with E-state index < -0.39 is 21.7 Å². The maximum Gasteiger partial charge on any atom is 0.259 e. The number of nitrogens with zero attached hydrogens (tertiary/aromatic N) is 1. The van der Waals surface area contributed by atoms with Crippen molar-refractivity contribution >= 4 is 21.6 Å². The Morgan fingerprint density at radius 1 is 1.18 bits per heavy atom. The van der Waals surface area contributed by atoms with E-state index in [1.165, 1.54) is 41.7 Å². The van der Waals surface area contributed by atoms with Gasteiger partial charge in [-0.25, -0.2) is 12.8 Å². The largest absolute Gasteiger partial charge is 0.496 e. The third kappa shape index (κ3) is 4.16. The molecule has 7 nitrogen and oxygen atoms in total. The van der Waals surface area contributed by atoms with Crippen LogP contribution in [0.25, 0.3) is 0 Å². The first-order valence-corrected chi connectivity index (χ1v) is 10.1. The van der Waals surface area contributed by atoms with Gasteiger partial charge in [0.2, 0.25) is 10.0 Å². The van der Waals surface area contributed by atoms with Crippen LogP contribution < -0.4 is 10.1 Å². The number of rotatable bonds is 5. The molecule has 9 heteroatoms. The molecule has 1 aliphatic heterocycles. The van der Waals surface area contributed by atoms with Crippen LogP contribution in [0.15, 0.2) is 41.3 Å². The highest BCUT2D eigenvalue weighted by atomic mass is 32.2. The number of carbonyl (C=O) groups excluding carboxylic acids is 1. The van der Waals surface area contributed by atoms with Gasteiger partial charge in [0.05, 0.1) is 36.5 Å². The van der Waals surface area contributed by atoms with Gasteiger partial charge in [0.1, 0.15) is 11.6 Å². The highest BCUT2D eigenvalue weighted by molar-refractivity contribution is 7.89. The molecule has 3 rings (SSSR count). The van der Waals surface area contributed by atoms with Crippen LogP contribution in [0.5, 0.6) is 5.75 Å². The van der Waals surface area contributed by atoms with Gasteiger partial charge in [0.15, 0.2) is 0 Å². The molecule has 0 radical (unpaired) electrons.